The highest BCUT2D eigenvalue weighted by Crippen LogP contribution is 2.30. The van der Waals surface area contributed by atoms with Gasteiger partial charge in [0.15, 0.2) is 0 Å². The first-order chi connectivity index (χ1) is 14.4. The highest BCUT2D eigenvalue weighted by molar-refractivity contribution is 7.89. The molecule has 2 aromatic rings. The zero-order valence-corrected chi connectivity index (χ0v) is 18.5. The number of ether oxygens (including phenoxy) is 1. The lowest BCUT2D eigenvalue weighted by Crippen LogP contribution is -2.31. The number of benzene rings is 2. The number of rotatable bonds is 8. The molecule has 1 unspecified atom stereocenters. The molecule has 170 valence electrons. The second-order valence-electron chi connectivity index (χ2n) is 6.77. The Kier molecular flexibility index (Phi) is 7.72. The van der Waals surface area contributed by atoms with E-state index in [1.165, 1.54) is 41.7 Å². The van der Waals surface area contributed by atoms with Gasteiger partial charge in [-0.3, -0.25) is 4.79 Å². The summed E-state index contributed by atoms with van der Waals surface area (Å²) in [6.07, 6.45) is -4.44. The molecule has 1 atom stereocenters. The van der Waals surface area contributed by atoms with Gasteiger partial charge in [-0.15, -0.1) is 0 Å². The maximum atomic E-state index is 12.9. The van der Waals surface area contributed by atoms with Gasteiger partial charge in [0.1, 0.15) is 10.6 Å². The van der Waals surface area contributed by atoms with Crippen molar-refractivity contribution >= 4 is 15.9 Å². The van der Waals surface area contributed by atoms with Crippen molar-refractivity contribution in [3.8, 4) is 5.75 Å². The van der Waals surface area contributed by atoms with E-state index in [0.717, 1.165) is 12.1 Å². The predicted octanol–water partition coefficient (Wildman–Crippen LogP) is 4.24. The number of nitrogens with zero attached hydrogens (tertiary/aromatic N) is 1. The number of methoxy groups -OCH3 is 1. The summed E-state index contributed by atoms with van der Waals surface area (Å²) in [6.45, 7) is 5.54. The maximum Gasteiger partial charge on any atom is 0.416 e. The Morgan fingerprint density at radius 1 is 1.10 bits per heavy atom. The molecule has 0 aromatic heterocycles. The molecule has 0 fully saturated rings. The fourth-order valence-electron chi connectivity index (χ4n) is 3.05. The summed E-state index contributed by atoms with van der Waals surface area (Å²) in [4.78, 5) is 12.6. The molecule has 0 spiro atoms. The van der Waals surface area contributed by atoms with E-state index in [2.05, 4.69) is 5.32 Å². The van der Waals surface area contributed by atoms with E-state index in [9.17, 15) is 26.4 Å². The van der Waals surface area contributed by atoms with Gasteiger partial charge in [-0.25, -0.2) is 8.42 Å². The van der Waals surface area contributed by atoms with Gasteiger partial charge >= 0.3 is 6.18 Å². The third-order valence-corrected chi connectivity index (χ3v) is 6.91. The van der Waals surface area contributed by atoms with Crippen LogP contribution < -0.4 is 10.1 Å². The van der Waals surface area contributed by atoms with Crippen molar-refractivity contribution in [3.63, 3.8) is 0 Å². The zero-order chi connectivity index (χ0) is 23.4. The zero-order valence-electron chi connectivity index (χ0n) is 17.7. The number of carbonyl (C=O) groups excluding carboxylic acids is 1. The minimum atomic E-state index is -4.44. The van der Waals surface area contributed by atoms with Crippen molar-refractivity contribution in [1.82, 2.24) is 9.62 Å². The summed E-state index contributed by atoms with van der Waals surface area (Å²) >= 11 is 0. The molecular weight excluding hydrogens is 433 g/mol. The van der Waals surface area contributed by atoms with Crippen LogP contribution in [0.3, 0.4) is 0 Å². The van der Waals surface area contributed by atoms with Gasteiger partial charge in [-0.2, -0.15) is 17.5 Å². The Morgan fingerprint density at radius 3 is 2.16 bits per heavy atom. The molecule has 0 heterocycles. The summed E-state index contributed by atoms with van der Waals surface area (Å²) < 4.78 is 70.4. The molecule has 31 heavy (non-hydrogen) atoms. The Balaban J connectivity index is 2.29. The van der Waals surface area contributed by atoms with Crippen molar-refractivity contribution in [1.29, 1.82) is 0 Å². The first kappa shape index (κ1) is 24.7. The topological polar surface area (TPSA) is 75.7 Å². The molecule has 0 radical (unpaired) electrons. The highest BCUT2D eigenvalue weighted by Gasteiger charge is 2.30. The van der Waals surface area contributed by atoms with Crippen LogP contribution in [0, 0.1) is 0 Å². The van der Waals surface area contributed by atoms with Gasteiger partial charge in [0.25, 0.3) is 5.91 Å². The number of hydrogen-bond acceptors (Lipinski definition) is 4. The number of halogens is 3. The van der Waals surface area contributed by atoms with Crippen LogP contribution in [0.1, 0.15) is 48.3 Å². The summed E-state index contributed by atoms with van der Waals surface area (Å²) in [6, 6.07) is 7.93. The van der Waals surface area contributed by atoms with Crippen LogP contribution in [0.15, 0.2) is 47.4 Å². The van der Waals surface area contributed by atoms with Crippen molar-refractivity contribution in [2.75, 3.05) is 20.2 Å². The minimum absolute atomic E-state index is 0.0882. The Hall–Kier alpha value is -2.59. The van der Waals surface area contributed by atoms with Crippen LogP contribution in [0.4, 0.5) is 13.2 Å². The van der Waals surface area contributed by atoms with E-state index < -0.39 is 33.7 Å². The van der Waals surface area contributed by atoms with Gasteiger partial charge < -0.3 is 10.1 Å². The first-order valence-electron chi connectivity index (χ1n) is 9.61. The van der Waals surface area contributed by atoms with Gasteiger partial charge in [0.2, 0.25) is 10.0 Å². The average Bonchev–Trinajstić information content (AvgIpc) is 2.73. The lowest BCUT2D eigenvalue weighted by molar-refractivity contribution is -0.137. The maximum absolute atomic E-state index is 12.9. The molecule has 0 saturated heterocycles. The van der Waals surface area contributed by atoms with Crippen LogP contribution in [-0.2, 0) is 16.2 Å². The molecule has 0 bridgehead atoms. The number of alkyl halides is 3. The van der Waals surface area contributed by atoms with E-state index in [0.29, 0.717) is 5.56 Å². The van der Waals surface area contributed by atoms with Crippen molar-refractivity contribution in [3.05, 3.63) is 59.2 Å². The summed E-state index contributed by atoms with van der Waals surface area (Å²) in [5, 5.41) is 2.67. The quantitative estimate of drug-likeness (QED) is 0.642. The third kappa shape index (κ3) is 5.56. The molecule has 0 aliphatic rings. The smallest absolute Gasteiger partial charge is 0.416 e. The Bertz CT molecular complexity index is 1020. The molecule has 2 rings (SSSR count). The fourth-order valence-corrected chi connectivity index (χ4v) is 4.69. The SMILES string of the molecule is CCN(CC)S(=O)(=O)c1cc(C(=O)NC(C)c2ccc(C(F)(F)F)cc2)ccc1OC. The largest absolute Gasteiger partial charge is 0.495 e. The van der Waals surface area contributed by atoms with Gasteiger partial charge in [0, 0.05) is 18.7 Å². The van der Waals surface area contributed by atoms with Gasteiger partial charge in [-0.1, -0.05) is 26.0 Å². The van der Waals surface area contributed by atoms with Crippen molar-refractivity contribution in [2.24, 2.45) is 0 Å². The minimum Gasteiger partial charge on any atom is -0.495 e. The van der Waals surface area contributed by atoms with Crippen LogP contribution in [-0.4, -0.2) is 38.8 Å². The van der Waals surface area contributed by atoms with E-state index in [4.69, 9.17) is 4.74 Å². The molecule has 6 nitrogen and oxygen atoms in total. The van der Waals surface area contributed by atoms with Crippen molar-refractivity contribution < 1.29 is 31.1 Å². The van der Waals surface area contributed by atoms with Gasteiger partial charge in [0.05, 0.1) is 18.7 Å². The molecule has 0 saturated carbocycles. The summed E-state index contributed by atoms with van der Waals surface area (Å²) in [5.74, 6) is -0.453. The molecule has 1 amide bonds. The molecular formula is C21H25F3N2O4S. The second kappa shape index (κ2) is 9.69. The third-order valence-electron chi connectivity index (χ3n) is 4.83. The Labute approximate surface area is 180 Å². The van der Waals surface area contributed by atoms with E-state index in [-0.39, 0.29) is 29.3 Å². The van der Waals surface area contributed by atoms with Crippen LogP contribution in [0.25, 0.3) is 0 Å². The second-order valence-corrected chi connectivity index (χ2v) is 8.68. The number of amides is 1. The number of nitrogens with one attached hydrogen (secondary N) is 1. The highest BCUT2D eigenvalue weighted by atomic mass is 32.2. The van der Waals surface area contributed by atoms with E-state index >= 15 is 0 Å². The average molecular weight is 459 g/mol. The number of sulfonamides is 1. The van der Waals surface area contributed by atoms with E-state index in [1.807, 2.05) is 0 Å². The summed E-state index contributed by atoms with van der Waals surface area (Å²) in [5.41, 5.74) is -0.215. The lowest BCUT2D eigenvalue weighted by atomic mass is 10.1. The Morgan fingerprint density at radius 2 is 1.68 bits per heavy atom. The monoisotopic (exact) mass is 458 g/mol. The van der Waals surface area contributed by atoms with Crippen LogP contribution in [0.2, 0.25) is 0 Å². The molecule has 0 aliphatic heterocycles. The van der Waals surface area contributed by atoms with Crippen LogP contribution in [0.5, 0.6) is 5.75 Å². The number of hydrogen-bond donors (Lipinski definition) is 1. The van der Waals surface area contributed by atoms with Gasteiger partial charge in [-0.05, 0) is 42.8 Å². The predicted molar refractivity (Wildman–Crippen MR) is 110 cm³/mol. The molecule has 0 aliphatic carbocycles. The number of carbonyl (C=O) groups is 1. The summed E-state index contributed by atoms with van der Waals surface area (Å²) in [7, 11) is -2.54. The molecule has 1 N–H and O–H groups in total. The molecule has 10 heteroatoms. The first-order valence-corrected chi connectivity index (χ1v) is 11.1. The van der Waals surface area contributed by atoms with E-state index in [1.54, 1.807) is 20.8 Å². The fraction of sp³-hybridized carbons (Fsp3) is 0.381. The standard InChI is InChI=1S/C21H25F3N2O4S/c1-5-26(6-2)31(28,29)19-13-16(9-12-18(19)30-4)20(27)25-14(3)15-7-10-17(11-8-15)21(22,23)24/h7-14H,5-6H2,1-4H3,(H,25,27). The lowest BCUT2D eigenvalue weighted by Gasteiger charge is -2.21. The van der Waals surface area contributed by atoms with Crippen molar-refractivity contribution in [2.45, 2.75) is 37.9 Å². The normalized spacial score (nSPS) is 13.2. The molecule has 2 aromatic carbocycles. The van der Waals surface area contributed by atoms with Crippen LogP contribution >= 0.6 is 0 Å².